The molecule has 1 unspecified atom stereocenters. The second kappa shape index (κ2) is 10.7. The number of ether oxygens (including phenoxy) is 2. The largest absolute Gasteiger partial charge is 0.494 e. The smallest absolute Gasteiger partial charge is 0.338 e. The molecule has 0 saturated heterocycles. The van der Waals surface area contributed by atoms with Crippen molar-refractivity contribution in [3.05, 3.63) is 77.0 Å². The lowest BCUT2D eigenvalue weighted by Gasteiger charge is -2.31. The zero-order valence-electron chi connectivity index (χ0n) is 18.3. The van der Waals surface area contributed by atoms with Crippen LogP contribution in [0.3, 0.4) is 0 Å². The van der Waals surface area contributed by atoms with Crippen molar-refractivity contribution in [2.75, 3.05) is 13.2 Å². The first-order valence-corrected chi connectivity index (χ1v) is 10.7. The lowest BCUT2D eigenvalue weighted by atomic mass is 9.91. The summed E-state index contributed by atoms with van der Waals surface area (Å²) >= 11 is 0. The molecule has 2 amide bonds. The van der Waals surface area contributed by atoms with E-state index < -0.39 is 12.0 Å². The van der Waals surface area contributed by atoms with Gasteiger partial charge in [0.25, 0.3) is 0 Å². The van der Waals surface area contributed by atoms with E-state index in [1.54, 1.807) is 6.92 Å². The molecular formula is C25H30N2O4. The molecule has 0 radical (unpaired) electrons. The first-order chi connectivity index (χ1) is 15.0. The van der Waals surface area contributed by atoms with Crippen molar-refractivity contribution >= 4 is 12.0 Å². The maximum Gasteiger partial charge on any atom is 0.338 e. The summed E-state index contributed by atoms with van der Waals surface area (Å²) in [6.45, 7) is 6.52. The van der Waals surface area contributed by atoms with Crippen LogP contribution in [0.25, 0.3) is 0 Å². The second-order valence-electron chi connectivity index (χ2n) is 7.74. The molecule has 0 spiro atoms. The first-order valence-electron chi connectivity index (χ1n) is 10.7. The molecule has 6 heteroatoms. The van der Waals surface area contributed by atoms with Crippen LogP contribution in [0.5, 0.6) is 5.75 Å². The Kier molecular flexibility index (Phi) is 7.70. The van der Waals surface area contributed by atoms with E-state index in [1.807, 2.05) is 56.3 Å². The fourth-order valence-electron chi connectivity index (χ4n) is 3.59. The Balaban J connectivity index is 1.69. The molecule has 164 valence electrons. The molecule has 0 aromatic heterocycles. The van der Waals surface area contributed by atoms with Crippen molar-refractivity contribution in [3.63, 3.8) is 0 Å². The van der Waals surface area contributed by atoms with Gasteiger partial charge in [-0.25, -0.2) is 9.59 Å². The van der Waals surface area contributed by atoms with Crippen LogP contribution in [0.2, 0.25) is 0 Å². The highest BCUT2D eigenvalue weighted by Crippen LogP contribution is 2.31. The van der Waals surface area contributed by atoms with Gasteiger partial charge in [-0.05, 0) is 48.9 Å². The molecular weight excluding hydrogens is 392 g/mol. The Morgan fingerprint density at radius 2 is 1.77 bits per heavy atom. The molecule has 2 N–H and O–H groups in total. The first kappa shape index (κ1) is 22.4. The van der Waals surface area contributed by atoms with Gasteiger partial charge in [-0.2, -0.15) is 0 Å². The third kappa shape index (κ3) is 5.87. The summed E-state index contributed by atoms with van der Waals surface area (Å²) in [5.74, 6) is 0.299. The van der Waals surface area contributed by atoms with E-state index in [-0.39, 0.29) is 18.6 Å². The number of esters is 1. The van der Waals surface area contributed by atoms with Crippen LogP contribution in [0.15, 0.2) is 65.9 Å². The predicted molar refractivity (Wildman–Crippen MR) is 120 cm³/mol. The molecule has 2 aromatic carbocycles. The molecule has 1 heterocycles. The van der Waals surface area contributed by atoms with E-state index in [9.17, 15) is 9.59 Å². The van der Waals surface area contributed by atoms with E-state index in [4.69, 9.17) is 9.47 Å². The SMILES string of the molecule is CCOC(=O)C1=C(C(C)C)NC(=O)NC1c1ccc(OCCCc2ccccc2)cc1. The standard InChI is InChI=1S/C25H30N2O4/c1-4-30-24(28)21-22(17(2)3)26-25(29)27-23(21)19-12-14-20(15-13-19)31-16-8-11-18-9-6-5-7-10-18/h5-7,9-10,12-15,17,23H,4,8,11,16H2,1-3H3,(H2,26,27,29). The molecule has 3 rings (SSSR count). The lowest BCUT2D eigenvalue weighted by molar-refractivity contribution is -0.139. The van der Waals surface area contributed by atoms with E-state index in [2.05, 4.69) is 22.8 Å². The van der Waals surface area contributed by atoms with Gasteiger partial charge in [-0.3, -0.25) is 0 Å². The predicted octanol–water partition coefficient (Wildman–Crippen LogP) is 4.53. The van der Waals surface area contributed by atoms with Gasteiger partial charge < -0.3 is 20.1 Å². The number of allylic oxidation sites excluding steroid dienone is 1. The highest BCUT2D eigenvalue weighted by Gasteiger charge is 2.34. The molecule has 1 aliphatic rings. The van der Waals surface area contributed by atoms with Crippen molar-refractivity contribution in [1.82, 2.24) is 10.6 Å². The van der Waals surface area contributed by atoms with Crippen molar-refractivity contribution in [3.8, 4) is 5.75 Å². The summed E-state index contributed by atoms with van der Waals surface area (Å²) in [4.78, 5) is 24.9. The third-order valence-electron chi connectivity index (χ3n) is 5.11. The number of carbonyl (C=O) groups excluding carboxylic acids is 2. The highest BCUT2D eigenvalue weighted by molar-refractivity contribution is 5.95. The molecule has 1 aliphatic heterocycles. The maximum absolute atomic E-state index is 12.7. The number of rotatable bonds is 9. The lowest BCUT2D eigenvalue weighted by Crippen LogP contribution is -2.47. The van der Waals surface area contributed by atoms with Gasteiger partial charge in [0.05, 0.1) is 24.8 Å². The van der Waals surface area contributed by atoms with Crippen LogP contribution in [-0.4, -0.2) is 25.2 Å². The number of benzene rings is 2. The zero-order valence-corrected chi connectivity index (χ0v) is 18.3. The number of hydrogen-bond acceptors (Lipinski definition) is 4. The summed E-state index contributed by atoms with van der Waals surface area (Å²) in [5, 5.41) is 5.62. The minimum absolute atomic E-state index is 0.0276. The Bertz CT molecular complexity index is 920. The molecule has 0 fully saturated rings. The van der Waals surface area contributed by atoms with Crippen molar-refractivity contribution in [2.24, 2.45) is 5.92 Å². The Morgan fingerprint density at radius 1 is 1.06 bits per heavy atom. The third-order valence-corrected chi connectivity index (χ3v) is 5.11. The van der Waals surface area contributed by atoms with Crippen LogP contribution < -0.4 is 15.4 Å². The van der Waals surface area contributed by atoms with E-state index in [0.29, 0.717) is 17.9 Å². The Morgan fingerprint density at radius 3 is 2.42 bits per heavy atom. The normalized spacial score (nSPS) is 16.0. The summed E-state index contributed by atoms with van der Waals surface area (Å²) in [6.07, 6.45) is 1.88. The monoisotopic (exact) mass is 422 g/mol. The van der Waals surface area contributed by atoms with Crippen LogP contribution in [0.1, 0.15) is 44.4 Å². The summed E-state index contributed by atoms with van der Waals surface area (Å²) in [6, 6.07) is 16.9. The van der Waals surface area contributed by atoms with Gasteiger partial charge in [-0.15, -0.1) is 0 Å². The highest BCUT2D eigenvalue weighted by atomic mass is 16.5. The van der Waals surface area contributed by atoms with Crippen LogP contribution in [0, 0.1) is 5.92 Å². The van der Waals surface area contributed by atoms with E-state index in [1.165, 1.54) is 5.56 Å². The summed E-state index contributed by atoms with van der Waals surface area (Å²) < 4.78 is 11.1. The molecule has 1 atom stereocenters. The molecule has 0 aliphatic carbocycles. The number of amides is 2. The second-order valence-corrected chi connectivity index (χ2v) is 7.74. The van der Waals surface area contributed by atoms with Gasteiger partial charge in [0.1, 0.15) is 5.75 Å². The average Bonchev–Trinajstić information content (AvgIpc) is 2.77. The van der Waals surface area contributed by atoms with Crippen molar-refractivity contribution in [1.29, 1.82) is 0 Å². The molecule has 6 nitrogen and oxygen atoms in total. The van der Waals surface area contributed by atoms with Gasteiger partial charge in [-0.1, -0.05) is 56.3 Å². The number of aryl methyl sites for hydroxylation is 1. The summed E-state index contributed by atoms with van der Waals surface area (Å²) in [7, 11) is 0. The van der Waals surface area contributed by atoms with Crippen LogP contribution in [-0.2, 0) is 16.0 Å². The number of carbonyl (C=O) groups is 2. The van der Waals surface area contributed by atoms with Gasteiger partial charge in [0.2, 0.25) is 0 Å². The molecule has 2 aromatic rings. The Hall–Kier alpha value is -3.28. The van der Waals surface area contributed by atoms with E-state index in [0.717, 1.165) is 24.2 Å². The number of urea groups is 1. The quantitative estimate of drug-likeness (QED) is 0.460. The number of nitrogens with one attached hydrogen (secondary N) is 2. The zero-order chi connectivity index (χ0) is 22.2. The minimum atomic E-state index is -0.572. The van der Waals surface area contributed by atoms with Gasteiger partial charge >= 0.3 is 12.0 Å². The molecule has 0 saturated carbocycles. The topological polar surface area (TPSA) is 76.7 Å². The Labute approximate surface area is 183 Å². The van der Waals surface area contributed by atoms with Crippen molar-refractivity contribution in [2.45, 2.75) is 39.7 Å². The fourth-order valence-corrected chi connectivity index (χ4v) is 3.59. The summed E-state index contributed by atoms with van der Waals surface area (Å²) in [5.41, 5.74) is 3.12. The van der Waals surface area contributed by atoms with Crippen LogP contribution in [0.4, 0.5) is 4.79 Å². The number of hydrogen-bond donors (Lipinski definition) is 2. The maximum atomic E-state index is 12.7. The van der Waals surface area contributed by atoms with Gasteiger partial charge in [0.15, 0.2) is 0 Å². The minimum Gasteiger partial charge on any atom is -0.494 e. The van der Waals surface area contributed by atoms with Gasteiger partial charge in [0, 0.05) is 5.70 Å². The van der Waals surface area contributed by atoms with Crippen LogP contribution >= 0.6 is 0 Å². The molecule has 31 heavy (non-hydrogen) atoms. The average molecular weight is 423 g/mol. The van der Waals surface area contributed by atoms with E-state index >= 15 is 0 Å². The fraction of sp³-hybridized carbons (Fsp3) is 0.360. The molecule has 0 bridgehead atoms. The van der Waals surface area contributed by atoms with Crippen molar-refractivity contribution < 1.29 is 19.1 Å².